The van der Waals surface area contributed by atoms with Crippen LogP contribution in [0.15, 0.2) is 42.5 Å². The maximum atomic E-state index is 12.5. The Morgan fingerprint density at radius 2 is 1.62 bits per heavy atom. The molecule has 0 aliphatic rings. The van der Waals surface area contributed by atoms with Gasteiger partial charge in [-0.3, -0.25) is 4.79 Å². The Labute approximate surface area is 148 Å². The summed E-state index contributed by atoms with van der Waals surface area (Å²) in [6.45, 7) is 3.46. The first-order valence-corrected chi connectivity index (χ1v) is 7.74. The van der Waals surface area contributed by atoms with Gasteiger partial charge in [0.1, 0.15) is 0 Å². The van der Waals surface area contributed by atoms with Gasteiger partial charge in [-0.25, -0.2) is 4.79 Å². The Morgan fingerprint density at radius 3 is 2.19 bits per heavy atom. The van der Waals surface area contributed by atoms with Crippen molar-refractivity contribution >= 4 is 23.3 Å². The number of hydrogen-bond donors (Lipinski definition) is 3. The number of hydrogen-bond acceptors (Lipinski definition) is 2. The summed E-state index contributed by atoms with van der Waals surface area (Å²) in [5.41, 5.74) is 1.97. The number of carbonyl (C=O) groups is 2. The van der Waals surface area contributed by atoms with Crippen LogP contribution >= 0.6 is 0 Å². The monoisotopic (exact) mass is 365 g/mol. The Kier molecular flexibility index (Phi) is 5.86. The van der Waals surface area contributed by atoms with Crippen molar-refractivity contribution in [1.82, 2.24) is 5.32 Å². The number of urea groups is 1. The van der Waals surface area contributed by atoms with E-state index in [0.717, 1.165) is 35.4 Å². The number of rotatable bonds is 4. The van der Waals surface area contributed by atoms with Gasteiger partial charge in [0.15, 0.2) is 0 Å². The normalized spacial score (nSPS) is 11.0. The Bertz CT molecular complexity index is 802. The van der Waals surface area contributed by atoms with Gasteiger partial charge in [-0.15, -0.1) is 0 Å². The van der Waals surface area contributed by atoms with Gasteiger partial charge >= 0.3 is 12.2 Å². The molecule has 3 amide bonds. The molecule has 2 aromatic rings. The summed E-state index contributed by atoms with van der Waals surface area (Å²) in [7, 11) is 0. The molecule has 0 aliphatic heterocycles. The zero-order valence-electron chi connectivity index (χ0n) is 14.2. The van der Waals surface area contributed by atoms with Gasteiger partial charge in [-0.1, -0.05) is 17.7 Å². The summed E-state index contributed by atoms with van der Waals surface area (Å²) in [5, 5.41) is 7.42. The molecule has 0 radical (unpaired) electrons. The van der Waals surface area contributed by atoms with Crippen LogP contribution in [-0.4, -0.2) is 18.5 Å². The number of anilines is 2. The van der Waals surface area contributed by atoms with Gasteiger partial charge in [-0.2, -0.15) is 13.2 Å². The van der Waals surface area contributed by atoms with Crippen LogP contribution in [0, 0.1) is 13.8 Å². The highest BCUT2D eigenvalue weighted by Crippen LogP contribution is 2.29. The van der Waals surface area contributed by atoms with Crippen molar-refractivity contribution in [3.05, 3.63) is 59.2 Å². The summed E-state index contributed by atoms with van der Waals surface area (Å²) < 4.78 is 37.4. The summed E-state index contributed by atoms with van der Waals surface area (Å²) in [6.07, 6.45) is -4.43. The van der Waals surface area contributed by atoms with E-state index in [-0.39, 0.29) is 12.2 Å². The summed E-state index contributed by atoms with van der Waals surface area (Å²) >= 11 is 0. The van der Waals surface area contributed by atoms with Crippen LogP contribution in [0.3, 0.4) is 0 Å². The molecule has 0 heterocycles. The molecule has 2 aromatic carbocycles. The molecule has 138 valence electrons. The molecular weight excluding hydrogens is 347 g/mol. The van der Waals surface area contributed by atoms with Crippen LogP contribution in [-0.2, 0) is 11.0 Å². The molecule has 0 aliphatic carbocycles. The van der Waals surface area contributed by atoms with E-state index in [4.69, 9.17) is 0 Å². The average molecular weight is 365 g/mol. The fraction of sp³-hybridized carbons (Fsp3) is 0.222. The Balaban J connectivity index is 1.83. The van der Waals surface area contributed by atoms with Crippen LogP contribution in [0.5, 0.6) is 0 Å². The maximum absolute atomic E-state index is 12.5. The molecule has 8 heteroatoms. The molecule has 2 rings (SSSR count). The first kappa shape index (κ1) is 19.3. The van der Waals surface area contributed by atoms with E-state index in [1.54, 1.807) is 6.07 Å². The van der Waals surface area contributed by atoms with E-state index in [9.17, 15) is 22.8 Å². The molecule has 3 N–H and O–H groups in total. The molecule has 26 heavy (non-hydrogen) atoms. The molecule has 0 atom stereocenters. The van der Waals surface area contributed by atoms with Gasteiger partial charge in [0.25, 0.3) is 0 Å². The van der Waals surface area contributed by atoms with Crippen LogP contribution < -0.4 is 16.0 Å². The summed E-state index contributed by atoms with van der Waals surface area (Å²) in [5.74, 6) is -0.555. The zero-order valence-corrected chi connectivity index (χ0v) is 14.2. The Morgan fingerprint density at radius 1 is 0.962 bits per heavy atom. The number of nitrogens with one attached hydrogen (secondary N) is 3. The van der Waals surface area contributed by atoms with Crippen molar-refractivity contribution in [1.29, 1.82) is 0 Å². The minimum atomic E-state index is -4.43. The number of alkyl halides is 3. The number of amides is 3. The van der Waals surface area contributed by atoms with Crippen molar-refractivity contribution in [2.75, 3.05) is 17.2 Å². The summed E-state index contributed by atoms with van der Waals surface area (Å²) in [4.78, 5) is 23.6. The second kappa shape index (κ2) is 7.90. The van der Waals surface area contributed by atoms with Crippen molar-refractivity contribution in [3.63, 3.8) is 0 Å². The van der Waals surface area contributed by atoms with Gasteiger partial charge in [0.05, 0.1) is 12.1 Å². The number of halogens is 3. The lowest BCUT2D eigenvalue weighted by molar-refractivity contribution is -0.137. The summed E-state index contributed by atoms with van der Waals surface area (Å²) in [6, 6.07) is 9.00. The molecule has 0 bridgehead atoms. The van der Waals surface area contributed by atoms with E-state index in [2.05, 4.69) is 16.0 Å². The number of aryl methyl sites for hydroxylation is 2. The highest BCUT2D eigenvalue weighted by Gasteiger charge is 2.29. The minimum Gasteiger partial charge on any atom is -0.329 e. The highest BCUT2D eigenvalue weighted by molar-refractivity contribution is 5.97. The van der Waals surface area contributed by atoms with Crippen molar-refractivity contribution in [2.24, 2.45) is 0 Å². The van der Waals surface area contributed by atoms with E-state index in [0.29, 0.717) is 5.69 Å². The molecule has 0 saturated heterocycles. The first-order chi connectivity index (χ1) is 12.1. The SMILES string of the molecule is Cc1ccc(NC(=O)NCC(=O)Nc2ccc(C(F)(F)F)cc2)c(C)c1. The first-order valence-electron chi connectivity index (χ1n) is 7.74. The van der Waals surface area contributed by atoms with Crippen LogP contribution in [0.4, 0.5) is 29.3 Å². The van der Waals surface area contributed by atoms with Crippen molar-refractivity contribution < 1.29 is 22.8 Å². The second-order valence-corrected chi connectivity index (χ2v) is 5.75. The third kappa shape index (κ3) is 5.51. The molecule has 0 fully saturated rings. The predicted octanol–water partition coefficient (Wildman–Crippen LogP) is 4.08. The fourth-order valence-electron chi connectivity index (χ4n) is 2.23. The largest absolute Gasteiger partial charge is 0.416 e. The maximum Gasteiger partial charge on any atom is 0.416 e. The van der Waals surface area contributed by atoms with E-state index >= 15 is 0 Å². The van der Waals surface area contributed by atoms with Gasteiger partial charge in [0, 0.05) is 11.4 Å². The van der Waals surface area contributed by atoms with Crippen molar-refractivity contribution in [3.8, 4) is 0 Å². The lowest BCUT2D eigenvalue weighted by Crippen LogP contribution is -2.35. The molecule has 5 nitrogen and oxygen atoms in total. The molecule has 0 spiro atoms. The minimum absolute atomic E-state index is 0.208. The van der Waals surface area contributed by atoms with Crippen molar-refractivity contribution in [2.45, 2.75) is 20.0 Å². The zero-order chi connectivity index (χ0) is 19.3. The second-order valence-electron chi connectivity index (χ2n) is 5.75. The van der Waals surface area contributed by atoms with Gasteiger partial charge in [0.2, 0.25) is 5.91 Å². The molecule has 0 unspecified atom stereocenters. The van der Waals surface area contributed by atoms with Gasteiger partial charge in [-0.05, 0) is 49.7 Å². The van der Waals surface area contributed by atoms with E-state index in [1.165, 1.54) is 0 Å². The smallest absolute Gasteiger partial charge is 0.329 e. The van der Waals surface area contributed by atoms with Crippen LogP contribution in [0.1, 0.15) is 16.7 Å². The fourth-order valence-corrected chi connectivity index (χ4v) is 2.23. The average Bonchev–Trinajstić information content (AvgIpc) is 2.55. The number of benzene rings is 2. The van der Waals surface area contributed by atoms with Crippen LogP contribution in [0.25, 0.3) is 0 Å². The third-order valence-electron chi connectivity index (χ3n) is 3.54. The molecular formula is C18H18F3N3O2. The van der Waals surface area contributed by atoms with Gasteiger partial charge < -0.3 is 16.0 Å². The third-order valence-corrected chi connectivity index (χ3v) is 3.54. The van der Waals surface area contributed by atoms with E-state index in [1.807, 2.05) is 26.0 Å². The predicted molar refractivity (Wildman–Crippen MR) is 93.0 cm³/mol. The topological polar surface area (TPSA) is 70.2 Å². The lowest BCUT2D eigenvalue weighted by Gasteiger charge is -2.11. The Hall–Kier alpha value is -3.03. The van der Waals surface area contributed by atoms with E-state index < -0.39 is 23.7 Å². The lowest BCUT2D eigenvalue weighted by atomic mass is 10.1. The highest BCUT2D eigenvalue weighted by atomic mass is 19.4. The number of carbonyl (C=O) groups excluding carboxylic acids is 2. The quantitative estimate of drug-likeness (QED) is 0.764. The molecule has 0 saturated carbocycles. The van der Waals surface area contributed by atoms with Crippen LogP contribution in [0.2, 0.25) is 0 Å². The molecule has 0 aromatic heterocycles. The standard InChI is InChI=1S/C18H18F3N3O2/c1-11-3-8-15(12(2)9-11)24-17(26)22-10-16(25)23-14-6-4-13(5-7-14)18(19,20)21/h3-9H,10H2,1-2H3,(H,23,25)(H2,22,24,26).